The molecule has 29 heavy (non-hydrogen) atoms. The van der Waals surface area contributed by atoms with E-state index in [4.69, 9.17) is 15.8 Å². The number of unbranched alkanes of at least 4 members (excludes halogenated alkanes) is 1. The maximum Gasteiger partial charge on any atom is 0.339 e. The highest BCUT2D eigenvalue weighted by Crippen LogP contribution is 2.26. The van der Waals surface area contributed by atoms with Gasteiger partial charge in [-0.25, -0.2) is 0 Å². The van der Waals surface area contributed by atoms with Crippen molar-refractivity contribution in [3.63, 3.8) is 0 Å². The monoisotopic (exact) mass is 435 g/mol. The van der Waals surface area contributed by atoms with E-state index in [-0.39, 0.29) is 22.3 Å². The van der Waals surface area contributed by atoms with E-state index < -0.39 is 10.1 Å². The molecule has 0 spiro atoms. The average molecular weight is 436 g/mol. The Morgan fingerprint density at radius 2 is 1.83 bits per heavy atom. The molecule has 2 aromatic rings. The van der Waals surface area contributed by atoms with Gasteiger partial charge in [-0.15, -0.1) is 0 Å². The minimum Gasteiger partial charge on any atom is -0.379 e. The Morgan fingerprint density at radius 1 is 1.14 bits per heavy atom. The number of nitrogens with zero attached hydrogens (tertiary/aromatic N) is 1. The minimum absolute atomic E-state index is 0.0121. The number of hydrogen-bond acceptors (Lipinski definition) is 5. The summed E-state index contributed by atoms with van der Waals surface area (Å²) in [6, 6.07) is 12.2. The number of carbonyl (C=O) groups is 1. The second kappa shape index (κ2) is 9.74. The van der Waals surface area contributed by atoms with Crippen molar-refractivity contribution in [3.8, 4) is 5.75 Å². The normalized spacial score (nSPS) is 15.9. The third-order valence-corrected chi connectivity index (χ3v) is 6.73. The van der Waals surface area contributed by atoms with Crippen LogP contribution in [-0.2, 0) is 10.1 Å². The van der Waals surface area contributed by atoms with Crippen LogP contribution in [0.4, 0.5) is 0 Å². The lowest BCUT2D eigenvalue weighted by atomic mass is 9.89. The van der Waals surface area contributed by atoms with Gasteiger partial charge in [0, 0.05) is 16.5 Å². The minimum atomic E-state index is -3.99. The Balaban J connectivity index is 1.66. The van der Waals surface area contributed by atoms with Crippen LogP contribution >= 0.6 is 11.6 Å². The molecule has 5 nitrogen and oxygen atoms in total. The van der Waals surface area contributed by atoms with E-state index in [1.165, 1.54) is 49.2 Å². The van der Waals surface area contributed by atoms with Crippen molar-refractivity contribution in [2.24, 2.45) is 5.92 Å². The van der Waals surface area contributed by atoms with Gasteiger partial charge in [0.1, 0.15) is 10.6 Å². The number of hydrogen-bond donors (Lipinski definition) is 0. The molecule has 1 heterocycles. The molecule has 0 saturated carbocycles. The largest absolute Gasteiger partial charge is 0.379 e. The summed E-state index contributed by atoms with van der Waals surface area (Å²) in [4.78, 5) is 15.3. The van der Waals surface area contributed by atoms with Crippen LogP contribution in [0.15, 0.2) is 53.4 Å². The highest BCUT2D eigenvalue weighted by Gasteiger charge is 2.26. The first-order chi connectivity index (χ1) is 13.9. The van der Waals surface area contributed by atoms with Gasteiger partial charge in [0.15, 0.2) is 5.78 Å². The predicted octanol–water partition coefficient (Wildman–Crippen LogP) is 4.80. The summed E-state index contributed by atoms with van der Waals surface area (Å²) in [5.74, 6) is 0.150. The number of Topliss-reactive ketones (excluding diaryl/α,β-unsaturated/α-hetero) is 1. The summed E-state index contributed by atoms with van der Waals surface area (Å²) in [6.07, 6.45) is 4.01. The van der Waals surface area contributed by atoms with E-state index in [1.54, 1.807) is 12.1 Å². The molecule has 0 N–H and O–H groups in total. The maximum atomic E-state index is 12.9. The molecule has 1 fully saturated rings. The molecule has 0 aliphatic carbocycles. The van der Waals surface area contributed by atoms with Gasteiger partial charge >= 0.3 is 10.1 Å². The van der Waals surface area contributed by atoms with Gasteiger partial charge in [-0.1, -0.05) is 37.1 Å². The first-order valence-corrected chi connectivity index (χ1v) is 11.7. The van der Waals surface area contributed by atoms with E-state index in [1.807, 2.05) is 0 Å². The van der Waals surface area contributed by atoms with Crippen molar-refractivity contribution in [2.75, 3.05) is 19.6 Å². The summed E-state index contributed by atoms with van der Waals surface area (Å²) >= 11 is 5.81. The second-order valence-corrected chi connectivity index (χ2v) is 9.34. The van der Waals surface area contributed by atoms with E-state index in [0.717, 1.165) is 32.5 Å². The van der Waals surface area contributed by atoms with E-state index in [2.05, 4.69) is 11.8 Å². The molecule has 156 valence electrons. The summed E-state index contributed by atoms with van der Waals surface area (Å²) in [5.41, 5.74) is 0.487. The fraction of sp³-hybridized carbons (Fsp3) is 0.409. The van der Waals surface area contributed by atoms with Crippen molar-refractivity contribution < 1.29 is 17.4 Å². The molecule has 7 heteroatoms. The molecule has 1 saturated heterocycles. The van der Waals surface area contributed by atoms with Crippen molar-refractivity contribution >= 4 is 27.5 Å². The average Bonchev–Trinajstić information content (AvgIpc) is 2.72. The van der Waals surface area contributed by atoms with Crippen LogP contribution < -0.4 is 4.18 Å². The molecule has 2 aromatic carbocycles. The van der Waals surface area contributed by atoms with Crippen molar-refractivity contribution in [3.05, 3.63) is 59.1 Å². The Kier molecular flexibility index (Phi) is 7.33. The van der Waals surface area contributed by atoms with Crippen LogP contribution in [0.5, 0.6) is 5.75 Å². The quantitative estimate of drug-likeness (QED) is 0.440. The summed E-state index contributed by atoms with van der Waals surface area (Å²) in [7, 11) is -3.99. The van der Waals surface area contributed by atoms with Crippen LogP contribution in [0.3, 0.4) is 0 Å². The molecule has 0 aromatic heterocycles. The van der Waals surface area contributed by atoms with Gasteiger partial charge in [-0.05, 0) is 75.3 Å². The van der Waals surface area contributed by atoms with Crippen LogP contribution in [-0.4, -0.2) is 38.7 Å². The fourth-order valence-corrected chi connectivity index (χ4v) is 4.56. The SMILES string of the molecule is CCCCN1CCC(C(=O)c2cccc(OS(=O)(=O)c3ccc(Cl)cc3)c2)CC1. The van der Waals surface area contributed by atoms with Crippen LogP contribution in [0.25, 0.3) is 0 Å². The summed E-state index contributed by atoms with van der Waals surface area (Å²) in [6.45, 7) is 5.12. The zero-order valence-corrected chi connectivity index (χ0v) is 18.1. The fourth-order valence-electron chi connectivity index (χ4n) is 3.51. The second-order valence-electron chi connectivity index (χ2n) is 7.35. The lowest BCUT2D eigenvalue weighted by Crippen LogP contribution is -2.36. The highest BCUT2D eigenvalue weighted by molar-refractivity contribution is 7.87. The number of rotatable bonds is 8. The van der Waals surface area contributed by atoms with Crippen LogP contribution in [0.2, 0.25) is 5.02 Å². The Bertz CT molecular complexity index is 936. The number of benzene rings is 2. The number of likely N-dealkylation sites (tertiary alicyclic amines) is 1. The molecule has 0 amide bonds. The first-order valence-electron chi connectivity index (χ1n) is 9.96. The Labute approximate surface area is 177 Å². The summed E-state index contributed by atoms with van der Waals surface area (Å²) in [5, 5.41) is 0.442. The summed E-state index contributed by atoms with van der Waals surface area (Å²) < 4.78 is 30.2. The molecule has 0 unspecified atom stereocenters. The molecule has 0 atom stereocenters. The Hall–Kier alpha value is -1.89. The van der Waals surface area contributed by atoms with E-state index >= 15 is 0 Å². The smallest absolute Gasteiger partial charge is 0.339 e. The van der Waals surface area contributed by atoms with Gasteiger partial charge < -0.3 is 9.08 Å². The van der Waals surface area contributed by atoms with Crippen molar-refractivity contribution in [2.45, 2.75) is 37.5 Å². The van der Waals surface area contributed by atoms with Gasteiger partial charge in [0.2, 0.25) is 0 Å². The molecule has 1 aliphatic rings. The molecule has 3 rings (SSSR count). The molecule has 0 radical (unpaired) electrons. The van der Waals surface area contributed by atoms with Crippen LogP contribution in [0.1, 0.15) is 43.0 Å². The lowest BCUT2D eigenvalue weighted by molar-refractivity contribution is 0.0839. The molecular weight excluding hydrogens is 410 g/mol. The highest BCUT2D eigenvalue weighted by atomic mass is 35.5. The number of halogens is 1. The van der Waals surface area contributed by atoms with Gasteiger partial charge in [0.25, 0.3) is 0 Å². The van der Waals surface area contributed by atoms with Crippen LogP contribution in [0, 0.1) is 5.92 Å². The van der Waals surface area contributed by atoms with Gasteiger partial charge in [0.05, 0.1) is 0 Å². The van der Waals surface area contributed by atoms with Crippen molar-refractivity contribution in [1.29, 1.82) is 0 Å². The van der Waals surface area contributed by atoms with Gasteiger partial charge in [-0.2, -0.15) is 8.42 Å². The standard InChI is InChI=1S/C22H26ClNO4S/c1-2-3-13-24-14-11-17(12-15-24)22(25)18-5-4-6-20(16-18)28-29(26,27)21-9-7-19(23)8-10-21/h4-10,16-17H,2-3,11-15H2,1H3. The lowest BCUT2D eigenvalue weighted by Gasteiger charge is -2.31. The molecular formula is C22H26ClNO4S. The van der Waals surface area contributed by atoms with E-state index in [9.17, 15) is 13.2 Å². The topological polar surface area (TPSA) is 63.7 Å². The maximum absolute atomic E-state index is 12.9. The third-order valence-electron chi connectivity index (χ3n) is 5.21. The van der Waals surface area contributed by atoms with Gasteiger partial charge in [-0.3, -0.25) is 4.79 Å². The third kappa shape index (κ3) is 5.81. The number of ketones is 1. The van der Waals surface area contributed by atoms with E-state index in [0.29, 0.717) is 10.6 Å². The number of piperidine rings is 1. The predicted molar refractivity (Wildman–Crippen MR) is 114 cm³/mol. The first kappa shape index (κ1) is 21.8. The number of carbonyl (C=O) groups excluding carboxylic acids is 1. The molecule has 0 bridgehead atoms. The zero-order valence-electron chi connectivity index (χ0n) is 16.5. The molecule has 1 aliphatic heterocycles. The van der Waals surface area contributed by atoms with Crippen molar-refractivity contribution in [1.82, 2.24) is 4.90 Å². The Morgan fingerprint density at radius 3 is 2.48 bits per heavy atom. The zero-order chi connectivity index (χ0) is 20.9.